The van der Waals surface area contributed by atoms with Gasteiger partial charge in [-0.2, -0.15) is 0 Å². The van der Waals surface area contributed by atoms with Crippen LogP contribution in [0.1, 0.15) is 21.5 Å². The van der Waals surface area contributed by atoms with Gasteiger partial charge in [-0.1, -0.05) is 24.3 Å². The molecule has 1 saturated heterocycles. The molecule has 2 aliphatic heterocycles. The van der Waals surface area contributed by atoms with Crippen LogP contribution in [-0.4, -0.2) is 37.4 Å². The van der Waals surface area contributed by atoms with Crippen molar-refractivity contribution in [3.8, 4) is 5.75 Å². The molecule has 0 aliphatic carbocycles. The highest BCUT2D eigenvalue weighted by atomic mass is 16.5. The van der Waals surface area contributed by atoms with Crippen molar-refractivity contribution >= 4 is 11.5 Å². The van der Waals surface area contributed by atoms with E-state index in [1.165, 1.54) is 11.1 Å². The number of Topliss-reactive ketones (excluding diaryl/α,β-unsaturated/α-hetero) is 1. The Balaban J connectivity index is 1.37. The van der Waals surface area contributed by atoms with Gasteiger partial charge in [0.2, 0.25) is 0 Å². The van der Waals surface area contributed by atoms with Gasteiger partial charge < -0.3 is 10.1 Å². The number of hydrogen-bond acceptors (Lipinski definition) is 4. The summed E-state index contributed by atoms with van der Waals surface area (Å²) in [6.07, 6.45) is 0.958. The first-order chi connectivity index (χ1) is 11.7. The molecule has 2 heterocycles. The lowest BCUT2D eigenvalue weighted by Crippen LogP contribution is -2.49. The van der Waals surface area contributed by atoms with Crippen molar-refractivity contribution < 1.29 is 9.53 Å². The minimum Gasteiger partial charge on any atom is -0.497 e. The van der Waals surface area contributed by atoms with E-state index in [4.69, 9.17) is 4.74 Å². The summed E-state index contributed by atoms with van der Waals surface area (Å²) in [5, 5.41) is 3.35. The minimum atomic E-state index is 0.135. The van der Waals surface area contributed by atoms with Gasteiger partial charge in [-0.05, 0) is 35.7 Å². The highest BCUT2D eigenvalue weighted by Crippen LogP contribution is 2.30. The average molecular weight is 322 g/mol. The molecule has 0 amide bonds. The number of carbonyl (C=O) groups excluding carboxylic acids is 1. The molecule has 2 aliphatic rings. The largest absolute Gasteiger partial charge is 0.497 e. The molecule has 0 bridgehead atoms. The molecule has 0 radical (unpaired) electrons. The Morgan fingerprint density at radius 3 is 2.75 bits per heavy atom. The van der Waals surface area contributed by atoms with Gasteiger partial charge in [0.1, 0.15) is 5.75 Å². The summed E-state index contributed by atoms with van der Waals surface area (Å²) in [5.41, 5.74) is 4.52. The summed E-state index contributed by atoms with van der Waals surface area (Å²) in [6.45, 7) is 3.53. The number of carbonyl (C=O) groups is 1. The molecule has 0 spiro atoms. The van der Waals surface area contributed by atoms with Gasteiger partial charge in [0.15, 0.2) is 5.78 Å². The molecule has 1 fully saturated rings. The summed E-state index contributed by atoms with van der Waals surface area (Å²) in [6, 6.07) is 14.2. The van der Waals surface area contributed by atoms with Crippen LogP contribution in [-0.2, 0) is 13.0 Å². The molecule has 24 heavy (non-hydrogen) atoms. The number of nitrogens with zero attached hydrogens (tertiary/aromatic N) is 1. The van der Waals surface area contributed by atoms with Crippen molar-refractivity contribution in [2.45, 2.75) is 13.0 Å². The van der Waals surface area contributed by atoms with E-state index in [0.29, 0.717) is 5.78 Å². The van der Waals surface area contributed by atoms with Gasteiger partial charge in [-0.15, -0.1) is 0 Å². The molecule has 2 aromatic carbocycles. The number of benzene rings is 2. The molecule has 4 heteroatoms. The number of likely N-dealkylation sites (tertiary alicyclic amines) is 1. The maximum atomic E-state index is 12.8. The minimum absolute atomic E-state index is 0.135. The van der Waals surface area contributed by atoms with Crippen molar-refractivity contribution in [3.63, 3.8) is 0 Å². The summed E-state index contributed by atoms with van der Waals surface area (Å²) in [4.78, 5) is 15.1. The van der Waals surface area contributed by atoms with Gasteiger partial charge in [0.25, 0.3) is 0 Å². The third-order valence-corrected chi connectivity index (χ3v) is 5.03. The number of ether oxygens (including phenoxy) is 1. The standard InChI is InChI=1S/C20H22N2O2/c1-24-16-7-5-14(6-8-16)11-22-12-15(13-22)20(23)18-3-2-4-19-17(18)9-10-21-19/h2-8,15,21H,9-13H2,1H3. The second-order valence-corrected chi connectivity index (χ2v) is 6.61. The maximum Gasteiger partial charge on any atom is 0.168 e. The van der Waals surface area contributed by atoms with E-state index >= 15 is 0 Å². The summed E-state index contributed by atoms with van der Waals surface area (Å²) in [5.74, 6) is 1.32. The number of fused-ring (bicyclic) bond motifs is 1. The normalized spacial score (nSPS) is 17.0. The monoisotopic (exact) mass is 322 g/mol. The zero-order chi connectivity index (χ0) is 16.5. The van der Waals surface area contributed by atoms with Gasteiger partial charge in [0.05, 0.1) is 7.11 Å². The van der Waals surface area contributed by atoms with E-state index < -0.39 is 0 Å². The molecule has 2 aromatic rings. The fourth-order valence-electron chi connectivity index (χ4n) is 3.65. The molecular weight excluding hydrogens is 300 g/mol. The Morgan fingerprint density at radius 2 is 2.00 bits per heavy atom. The molecule has 124 valence electrons. The first kappa shape index (κ1) is 15.2. The van der Waals surface area contributed by atoms with E-state index in [1.807, 2.05) is 24.3 Å². The fraction of sp³-hybridized carbons (Fsp3) is 0.350. The Morgan fingerprint density at radius 1 is 1.21 bits per heavy atom. The second kappa shape index (κ2) is 6.29. The van der Waals surface area contributed by atoms with E-state index in [2.05, 4.69) is 28.4 Å². The molecule has 0 atom stereocenters. The quantitative estimate of drug-likeness (QED) is 0.859. The van der Waals surface area contributed by atoms with E-state index in [0.717, 1.165) is 49.6 Å². The lowest BCUT2D eigenvalue weighted by molar-refractivity contribution is 0.0595. The summed E-state index contributed by atoms with van der Waals surface area (Å²) >= 11 is 0. The van der Waals surface area contributed by atoms with Crippen LogP contribution in [0.15, 0.2) is 42.5 Å². The molecular formula is C20H22N2O2. The van der Waals surface area contributed by atoms with Crippen LogP contribution in [0.4, 0.5) is 5.69 Å². The number of ketones is 1. The summed E-state index contributed by atoms with van der Waals surface area (Å²) in [7, 11) is 1.68. The zero-order valence-electron chi connectivity index (χ0n) is 13.9. The van der Waals surface area contributed by atoms with E-state index in [1.54, 1.807) is 7.11 Å². The predicted octanol–water partition coefficient (Wildman–Crippen LogP) is 2.98. The van der Waals surface area contributed by atoms with Gasteiger partial charge in [-0.3, -0.25) is 9.69 Å². The van der Waals surface area contributed by atoms with Crippen LogP contribution in [0.25, 0.3) is 0 Å². The Kier molecular flexibility index (Phi) is 3.98. The lowest BCUT2D eigenvalue weighted by atomic mass is 9.87. The van der Waals surface area contributed by atoms with Crippen molar-refractivity contribution in [1.29, 1.82) is 0 Å². The molecule has 0 unspecified atom stereocenters. The molecule has 4 nitrogen and oxygen atoms in total. The predicted molar refractivity (Wildman–Crippen MR) is 94.7 cm³/mol. The van der Waals surface area contributed by atoms with Crippen molar-refractivity contribution in [2.75, 3.05) is 32.1 Å². The van der Waals surface area contributed by atoms with Crippen LogP contribution >= 0.6 is 0 Å². The van der Waals surface area contributed by atoms with Crippen molar-refractivity contribution in [3.05, 3.63) is 59.2 Å². The number of nitrogens with one attached hydrogen (secondary N) is 1. The average Bonchev–Trinajstić information content (AvgIpc) is 3.06. The van der Waals surface area contributed by atoms with Gasteiger partial charge in [-0.25, -0.2) is 0 Å². The molecule has 1 N–H and O–H groups in total. The van der Waals surface area contributed by atoms with Crippen LogP contribution in [0, 0.1) is 5.92 Å². The zero-order valence-corrected chi connectivity index (χ0v) is 13.9. The van der Waals surface area contributed by atoms with Crippen LogP contribution in [0.5, 0.6) is 5.75 Å². The van der Waals surface area contributed by atoms with E-state index in [9.17, 15) is 4.79 Å². The number of methoxy groups -OCH3 is 1. The third kappa shape index (κ3) is 2.78. The number of rotatable bonds is 5. The maximum absolute atomic E-state index is 12.8. The van der Waals surface area contributed by atoms with Crippen LogP contribution in [0.3, 0.4) is 0 Å². The third-order valence-electron chi connectivity index (χ3n) is 5.03. The molecule has 4 rings (SSSR count). The van der Waals surface area contributed by atoms with Gasteiger partial charge in [0, 0.05) is 43.3 Å². The Bertz CT molecular complexity index is 749. The Labute approximate surface area is 142 Å². The highest BCUT2D eigenvalue weighted by Gasteiger charge is 2.34. The van der Waals surface area contributed by atoms with E-state index in [-0.39, 0.29) is 5.92 Å². The second-order valence-electron chi connectivity index (χ2n) is 6.61. The van der Waals surface area contributed by atoms with Crippen LogP contribution in [0.2, 0.25) is 0 Å². The number of hydrogen-bond donors (Lipinski definition) is 1. The molecule has 0 saturated carbocycles. The smallest absolute Gasteiger partial charge is 0.168 e. The fourth-order valence-corrected chi connectivity index (χ4v) is 3.65. The van der Waals surface area contributed by atoms with Gasteiger partial charge >= 0.3 is 0 Å². The van der Waals surface area contributed by atoms with Crippen molar-refractivity contribution in [2.24, 2.45) is 5.92 Å². The topological polar surface area (TPSA) is 41.6 Å². The summed E-state index contributed by atoms with van der Waals surface area (Å²) < 4.78 is 5.19. The van der Waals surface area contributed by atoms with Crippen molar-refractivity contribution in [1.82, 2.24) is 4.90 Å². The first-order valence-corrected chi connectivity index (χ1v) is 8.50. The Hall–Kier alpha value is -2.33. The molecule has 0 aromatic heterocycles. The first-order valence-electron chi connectivity index (χ1n) is 8.50. The highest BCUT2D eigenvalue weighted by molar-refractivity contribution is 6.01. The van der Waals surface area contributed by atoms with Crippen LogP contribution < -0.4 is 10.1 Å². The number of anilines is 1. The SMILES string of the molecule is COc1ccc(CN2CC(C(=O)c3cccc4c3CCN4)C2)cc1. The lowest BCUT2D eigenvalue weighted by Gasteiger charge is -2.38.